The predicted molar refractivity (Wildman–Crippen MR) is 82.0 cm³/mol. The second-order valence-corrected chi connectivity index (χ2v) is 6.22. The zero-order valence-electron chi connectivity index (χ0n) is 13.6. The Hall–Kier alpha value is -1.43. The third-order valence-corrected chi connectivity index (χ3v) is 4.34. The second-order valence-electron chi connectivity index (χ2n) is 6.22. The highest BCUT2D eigenvalue weighted by Crippen LogP contribution is 2.29. The lowest BCUT2D eigenvalue weighted by molar-refractivity contribution is -0.133. The molecule has 118 valence electrons. The van der Waals surface area contributed by atoms with Gasteiger partial charge in [-0.15, -0.1) is 0 Å². The number of aromatic nitrogens is 3. The standard InChI is InChI=1S/C15H27N5O/c1-5-19-9-6-7-15(4,11-19)14(21)16-8-10-20-13(3)17-12(2)18-20/h5-11H2,1-4H3,(H,16,21)/t15-/m1/s1. The van der Waals surface area contributed by atoms with Crippen LogP contribution in [-0.2, 0) is 11.3 Å². The normalized spacial score (nSPS) is 23.2. The van der Waals surface area contributed by atoms with Gasteiger partial charge in [0.05, 0.1) is 12.0 Å². The fourth-order valence-electron chi connectivity index (χ4n) is 3.06. The summed E-state index contributed by atoms with van der Waals surface area (Å²) in [7, 11) is 0. The van der Waals surface area contributed by atoms with Crippen molar-refractivity contribution in [2.45, 2.75) is 47.1 Å². The fraction of sp³-hybridized carbons (Fsp3) is 0.800. The van der Waals surface area contributed by atoms with Gasteiger partial charge in [0.25, 0.3) is 0 Å². The number of carbonyl (C=O) groups excluding carboxylic acids is 1. The van der Waals surface area contributed by atoms with Crippen LogP contribution in [0, 0.1) is 19.3 Å². The topological polar surface area (TPSA) is 63.1 Å². The molecule has 1 amide bonds. The Bertz CT molecular complexity index is 498. The molecule has 2 rings (SSSR count). The predicted octanol–water partition coefficient (Wildman–Crippen LogP) is 1.13. The molecule has 1 N–H and O–H groups in total. The van der Waals surface area contributed by atoms with Gasteiger partial charge in [-0.2, -0.15) is 5.10 Å². The lowest BCUT2D eigenvalue weighted by Crippen LogP contribution is -2.50. The molecule has 6 nitrogen and oxygen atoms in total. The van der Waals surface area contributed by atoms with Crippen molar-refractivity contribution in [3.8, 4) is 0 Å². The number of likely N-dealkylation sites (tertiary alicyclic amines) is 1. The first-order valence-corrected chi connectivity index (χ1v) is 7.83. The molecule has 6 heteroatoms. The van der Waals surface area contributed by atoms with Gasteiger partial charge in [0, 0.05) is 13.1 Å². The number of aryl methyl sites for hydroxylation is 2. The molecule has 1 aromatic rings. The van der Waals surface area contributed by atoms with Crippen molar-refractivity contribution >= 4 is 5.91 Å². The molecule has 1 aliphatic rings. The lowest BCUT2D eigenvalue weighted by Gasteiger charge is -2.38. The molecule has 0 radical (unpaired) electrons. The Labute approximate surface area is 126 Å². The highest BCUT2D eigenvalue weighted by atomic mass is 16.2. The van der Waals surface area contributed by atoms with E-state index in [9.17, 15) is 4.79 Å². The van der Waals surface area contributed by atoms with E-state index in [1.54, 1.807) is 0 Å². The first kappa shape index (κ1) is 15.9. The van der Waals surface area contributed by atoms with Crippen LogP contribution in [0.15, 0.2) is 0 Å². The van der Waals surface area contributed by atoms with E-state index < -0.39 is 0 Å². The van der Waals surface area contributed by atoms with Crippen LogP contribution in [0.25, 0.3) is 0 Å². The molecule has 0 saturated carbocycles. The average molecular weight is 293 g/mol. The minimum Gasteiger partial charge on any atom is -0.354 e. The summed E-state index contributed by atoms with van der Waals surface area (Å²) in [6.45, 7) is 12.3. The molecule has 0 aliphatic carbocycles. The average Bonchev–Trinajstić information content (AvgIpc) is 2.77. The lowest BCUT2D eigenvalue weighted by atomic mass is 9.81. The van der Waals surface area contributed by atoms with Gasteiger partial charge in [-0.05, 0) is 46.7 Å². The Kier molecular flexibility index (Phi) is 4.98. The maximum atomic E-state index is 12.5. The first-order valence-electron chi connectivity index (χ1n) is 7.83. The van der Waals surface area contributed by atoms with Gasteiger partial charge in [0.15, 0.2) is 0 Å². The van der Waals surface area contributed by atoms with Crippen LogP contribution in [-0.4, -0.2) is 51.8 Å². The van der Waals surface area contributed by atoms with E-state index in [4.69, 9.17) is 0 Å². The monoisotopic (exact) mass is 293 g/mol. The van der Waals surface area contributed by atoms with E-state index in [-0.39, 0.29) is 11.3 Å². The quantitative estimate of drug-likeness (QED) is 0.884. The maximum Gasteiger partial charge on any atom is 0.227 e. The van der Waals surface area contributed by atoms with E-state index in [2.05, 4.69) is 34.1 Å². The third-order valence-electron chi connectivity index (χ3n) is 4.34. The molecule has 2 heterocycles. The second kappa shape index (κ2) is 6.56. The van der Waals surface area contributed by atoms with E-state index >= 15 is 0 Å². The van der Waals surface area contributed by atoms with Crippen molar-refractivity contribution in [2.24, 2.45) is 5.41 Å². The zero-order chi connectivity index (χ0) is 15.5. The van der Waals surface area contributed by atoms with Crippen molar-refractivity contribution in [3.05, 3.63) is 11.6 Å². The van der Waals surface area contributed by atoms with E-state index in [0.717, 1.165) is 44.1 Å². The van der Waals surface area contributed by atoms with Crippen molar-refractivity contribution in [2.75, 3.05) is 26.2 Å². The van der Waals surface area contributed by atoms with Crippen LogP contribution < -0.4 is 5.32 Å². The molecular weight excluding hydrogens is 266 g/mol. The summed E-state index contributed by atoms with van der Waals surface area (Å²) >= 11 is 0. The Morgan fingerprint density at radius 2 is 2.19 bits per heavy atom. The van der Waals surface area contributed by atoms with Crippen LogP contribution in [0.5, 0.6) is 0 Å². The number of rotatable bonds is 5. The number of carbonyl (C=O) groups is 1. The number of piperidine rings is 1. The van der Waals surface area contributed by atoms with Crippen LogP contribution in [0.1, 0.15) is 38.3 Å². The zero-order valence-corrected chi connectivity index (χ0v) is 13.6. The number of hydrogen-bond acceptors (Lipinski definition) is 4. The minimum atomic E-state index is -0.262. The van der Waals surface area contributed by atoms with Gasteiger partial charge in [0.2, 0.25) is 5.91 Å². The number of hydrogen-bond donors (Lipinski definition) is 1. The summed E-state index contributed by atoms with van der Waals surface area (Å²) in [5.41, 5.74) is -0.262. The van der Waals surface area contributed by atoms with Gasteiger partial charge < -0.3 is 10.2 Å². The molecule has 1 saturated heterocycles. The molecule has 1 fully saturated rings. The first-order chi connectivity index (χ1) is 9.94. The number of nitrogens with one attached hydrogen (secondary N) is 1. The molecule has 0 spiro atoms. The Morgan fingerprint density at radius 3 is 2.81 bits per heavy atom. The van der Waals surface area contributed by atoms with Crippen molar-refractivity contribution in [1.82, 2.24) is 25.0 Å². The highest BCUT2D eigenvalue weighted by Gasteiger charge is 2.37. The summed E-state index contributed by atoms with van der Waals surface area (Å²) in [5, 5.41) is 7.38. The molecule has 0 unspecified atom stereocenters. The van der Waals surface area contributed by atoms with Gasteiger partial charge >= 0.3 is 0 Å². The summed E-state index contributed by atoms with van der Waals surface area (Å²) in [5.74, 6) is 1.83. The van der Waals surface area contributed by atoms with Crippen LogP contribution >= 0.6 is 0 Å². The molecule has 21 heavy (non-hydrogen) atoms. The molecule has 1 atom stereocenters. The molecule has 0 aromatic carbocycles. The SMILES string of the molecule is CCN1CCC[C@@](C)(C(=O)NCCn2nc(C)nc2C)C1. The Morgan fingerprint density at radius 1 is 1.43 bits per heavy atom. The number of amides is 1. The third kappa shape index (κ3) is 3.81. The largest absolute Gasteiger partial charge is 0.354 e. The Balaban J connectivity index is 1.85. The minimum absolute atomic E-state index is 0.162. The summed E-state index contributed by atoms with van der Waals surface area (Å²) in [6.07, 6.45) is 2.07. The van der Waals surface area contributed by atoms with E-state index in [1.807, 2.05) is 18.5 Å². The summed E-state index contributed by atoms with van der Waals surface area (Å²) in [4.78, 5) is 19.1. The number of nitrogens with zero attached hydrogens (tertiary/aromatic N) is 4. The molecular formula is C15H27N5O. The summed E-state index contributed by atoms with van der Waals surface area (Å²) < 4.78 is 1.84. The summed E-state index contributed by atoms with van der Waals surface area (Å²) in [6, 6.07) is 0. The van der Waals surface area contributed by atoms with Gasteiger partial charge in [-0.25, -0.2) is 9.67 Å². The fourth-order valence-corrected chi connectivity index (χ4v) is 3.06. The van der Waals surface area contributed by atoms with Crippen LogP contribution in [0.4, 0.5) is 0 Å². The van der Waals surface area contributed by atoms with Gasteiger partial charge in [0.1, 0.15) is 11.6 Å². The van der Waals surface area contributed by atoms with Crippen molar-refractivity contribution < 1.29 is 4.79 Å². The highest BCUT2D eigenvalue weighted by molar-refractivity contribution is 5.82. The van der Waals surface area contributed by atoms with Crippen LogP contribution in [0.3, 0.4) is 0 Å². The maximum absolute atomic E-state index is 12.5. The van der Waals surface area contributed by atoms with Crippen molar-refractivity contribution in [1.29, 1.82) is 0 Å². The van der Waals surface area contributed by atoms with Crippen molar-refractivity contribution in [3.63, 3.8) is 0 Å². The van der Waals surface area contributed by atoms with E-state index in [1.165, 1.54) is 0 Å². The smallest absolute Gasteiger partial charge is 0.227 e. The van der Waals surface area contributed by atoms with Crippen LogP contribution in [0.2, 0.25) is 0 Å². The molecule has 0 bridgehead atoms. The molecule has 1 aromatic heterocycles. The molecule has 1 aliphatic heterocycles. The van der Waals surface area contributed by atoms with Gasteiger partial charge in [-0.1, -0.05) is 6.92 Å². The van der Waals surface area contributed by atoms with Gasteiger partial charge in [-0.3, -0.25) is 4.79 Å². The van der Waals surface area contributed by atoms with E-state index in [0.29, 0.717) is 13.1 Å².